The summed E-state index contributed by atoms with van der Waals surface area (Å²) < 4.78 is 17.6. The summed E-state index contributed by atoms with van der Waals surface area (Å²) in [6, 6.07) is 5.93. The predicted octanol–water partition coefficient (Wildman–Crippen LogP) is 2.97. The average Bonchev–Trinajstić information content (AvgIpc) is 2.37. The highest BCUT2D eigenvalue weighted by Crippen LogP contribution is 2.23. The lowest BCUT2D eigenvalue weighted by molar-refractivity contribution is -0.146. The van der Waals surface area contributed by atoms with Crippen LogP contribution >= 0.6 is 0 Å². The summed E-state index contributed by atoms with van der Waals surface area (Å²) in [6.07, 6.45) is 1.21. The SMILES string of the molecule is CCC(CC)(Nc1ccc(F)cc1)C(=O)OC. The van der Waals surface area contributed by atoms with Crippen molar-refractivity contribution in [3.8, 4) is 0 Å². The van der Waals surface area contributed by atoms with E-state index in [0.29, 0.717) is 18.5 Å². The van der Waals surface area contributed by atoms with Gasteiger partial charge in [0.05, 0.1) is 7.11 Å². The van der Waals surface area contributed by atoms with E-state index >= 15 is 0 Å². The zero-order valence-electron chi connectivity index (χ0n) is 10.4. The molecule has 0 unspecified atom stereocenters. The monoisotopic (exact) mass is 239 g/mol. The Morgan fingerprint density at radius 2 is 1.82 bits per heavy atom. The second-order valence-corrected chi connectivity index (χ2v) is 3.91. The topological polar surface area (TPSA) is 38.3 Å². The van der Waals surface area contributed by atoms with Gasteiger partial charge in [0.1, 0.15) is 11.4 Å². The molecular weight excluding hydrogens is 221 g/mol. The summed E-state index contributed by atoms with van der Waals surface area (Å²) in [7, 11) is 1.37. The van der Waals surface area contributed by atoms with Crippen molar-refractivity contribution in [3.05, 3.63) is 30.1 Å². The van der Waals surface area contributed by atoms with Gasteiger partial charge < -0.3 is 10.1 Å². The highest BCUT2D eigenvalue weighted by atomic mass is 19.1. The van der Waals surface area contributed by atoms with Crippen molar-refractivity contribution >= 4 is 11.7 Å². The van der Waals surface area contributed by atoms with Gasteiger partial charge in [-0.05, 0) is 37.1 Å². The zero-order valence-corrected chi connectivity index (χ0v) is 10.4. The molecule has 0 spiro atoms. The Morgan fingerprint density at radius 1 is 1.29 bits per heavy atom. The molecule has 1 aromatic rings. The summed E-state index contributed by atoms with van der Waals surface area (Å²) in [4.78, 5) is 11.8. The van der Waals surface area contributed by atoms with Crippen LogP contribution in [0.3, 0.4) is 0 Å². The first-order valence-corrected chi connectivity index (χ1v) is 5.70. The molecule has 1 rings (SSSR count). The van der Waals surface area contributed by atoms with Crippen LogP contribution in [0.2, 0.25) is 0 Å². The number of anilines is 1. The maximum Gasteiger partial charge on any atom is 0.331 e. The molecule has 0 aliphatic rings. The number of hydrogen-bond acceptors (Lipinski definition) is 3. The molecule has 94 valence electrons. The molecule has 0 atom stereocenters. The number of halogens is 1. The van der Waals surface area contributed by atoms with Crippen molar-refractivity contribution in [1.82, 2.24) is 0 Å². The Bertz CT molecular complexity index is 372. The van der Waals surface area contributed by atoms with Crippen LogP contribution < -0.4 is 5.32 Å². The second kappa shape index (κ2) is 5.66. The lowest BCUT2D eigenvalue weighted by Gasteiger charge is -2.30. The first-order chi connectivity index (χ1) is 8.07. The number of nitrogens with one attached hydrogen (secondary N) is 1. The Morgan fingerprint density at radius 3 is 2.24 bits per heavy atom. The number of methoxy groups -OCH3 is 1. The minimum atomic E-state index is -0.743. The number of hydrogen-bond donors (Lipinski definition) is 1. The third kappa shape index (κ3) is 2.96. The first kappa shape index (κ1) is 13.5. The largest absolute Gasteiger partial charge is 0.467 e. The highest BCUT2D eigenvalue weighted by Gasteiger charge is 2.35. The molecular formula is C13H18FNO2. The molecule has 0 saturated carbocycles. The predicted molar refractivity (Wildman–Crippen MR) is 65.4 cm³/mol. The number of carbonyl (C=O) groups excluding carboxylic acids is 1. The zero-order chi connectivity index (χ0) is 12.9. The van der Waals surface area contributed by atoms with Crippen molar-refractivity contribution in [2.24, 2.45) is 0 Å². The maximum atomic E-state index is 12.8. The van der Waals surface area contributed by atoms with E-state index in [0.717, 1.165) is 0 Å². The van der Waals surface area contributed by atoms with Gasteiger partial charge in [0.15, 0.2) is 0 Å². The van der Waals surface area contributed by atoms with Gasteiger partial charge in [-0.25, -0.2) is 9.18 Å². The number of rotatable bonds is 5. The van der Waals surface area contributed by atoms with Gasteiger partial charge in [0.2, 0.25) is 0 Å². The quantitative estimate of drug-likeness (QED) is 0.803. The molecule has 0 aliphatic heterocycles. The summed E-state index contributed by atoms with van der Waals surface area (Å²) in [6.45, 7) is 3.83. The molecule has 4 heteroatoms. The summed E-state index contributed by atoms with van der Waals surface area (Å²) in [5.74, 6) is -0.598. The van der Waals surface area contributed by atoms with Crippen molar-refractivity contribution < 1.29 is 13.9 Å². The molecule has 1 aromatic carbocycles. The van der Waals surface area contributed by atoms with E-state index in [9.17, 15) is 9.18 Å². The van der Waals surface area contributed by atoms with Gasteiger partial charge in [0, 0.05) is 5.69 Å². The molecule has 1 N–H and O–H groups in total. The highest BCUT2D eigenvalue weighted by molar-refractivity contribution is 5.84. The number of esters is 1. The van der Waals surface area contributed by atoms with Gasteiger partial charge in [-0.3, -0.25) is 0 Å². The summed E-state index contributed by atoms with van der Waals surface area (Å²) >= 11 is 0. The van der Waals surface area contributed by atoms with Gasteiger partial charge in [0.25, 0.3) is 0 Å². The molecule has 0 amide bonds. The molecule has 0 saturated heterocycles. The third-order valence-corrected chi connectivity index (χ3v) is 3.01. The number of carbonyl (C=O) groups is 1. The van der Waals surface area contributed by atoms with E-state index in [4.69, 9.17) is 4.74 Å². The molecule has 17 heavy (non-hydrogen) atoms. The maximum absolute atomic E-state index is 12.8. The summed E-state index contributed by atoms with van der Waals surface area (Å²) in [5, 5.41) is 3.13. The van der Waals surface area contributed by atoms with Gasteiger partial charge in [-0.15, -0.1) is 0 Å². The van der Waals surface area contributed by atoms with Crippen LogP contribution in [0.15, 0.2) is 24.3 Å². The smallest absolute Gasteiger partial charge is 0.331 e. The molecule has 0 heterocycles. The molecule has 3 nitrogen and oxygen atoms in total. The van der Waals surface area contributed by atoms with E-state index in [1.807, 2.05) is 13.8 Å². The van der Waals surface area contributed by atoms with Crippen LogP contribution in [0.25, 0.3) is 0 Å². The Balaban J connectivity index is 2.93. The van der Waals surface area contributed by atoms with Crippen molar-refractivity contribution in [2.75, 3.05) is 12.4 Å². The lowest BCUT2D eigenvalue weighted by atomic mass is 9.92. The fourth-order valence-electron chi connectivity index (χ4n) is 1.77. The Kier molecular flexibility index (Phi) is 4.49. The molecule has 0 aromatic heterocycles. The first-order valence-electron chi connectivity index (χ1n) is 5.70. The molecule has 0 bridgehead atoms. The van der Waals surface area contributed by atoms with E-state index in [-0.39, 0.29) is 11.8 Å². The fraction of sp³-hybridized carbons (Fsp3) is 0.462. The second-order valence-electron chi connectivity index (χ2n) is 3.91. The van der Waals surface area contributed by atoms with Crippen LogP contribution in [-0.4, -0.2) is 18.6 Å². The third-order valence-electron chi connectivity index (χ3n) is 3.01. The minimum absolute atomic E-state index is 0.299. The van der Waals surface area contributed by atoms with Gasteiger partial charge in [-0.2, -0.15) is 0 Å². The standard InChI is InChI=1S/C13H18FNO2/c1-4-13(5-2,12(16)17-3)15-11-8-6-10(14)7-9-11/h6-9,15H,4-5H2,1-3H3. The average molecular weight is 239 g/mol. The Hall–Kier alpha value is -1.58. The van der Waals surface area contributed by atoms with Gasteiger partial charge >= 0.3 is 5.97 Å². The summed E-state index contributed by atoms with van der Waals surface area (Å²) in [5.41, 5.74) is -0.0347. The van der Waals surface area contributed by atoms with Crippen LogP contribution in [0.5, 0.6) is 0 Å². The van der Waals surface area contributed by atoms with E-state index < -0.39 is 5.54 Å². The van der Waals surface area contributed by atoms with Crippen LogP contribution in [0, 0.1) is 5.82 Å². The normalized spacial score (nSPS) is 11.1. The van der Waals surface area contributed by atoms with Crippen LogP contribution in [0.1, 0.15) is 26.7 Å². The van der Waals surface area contributed by atoms with Crippen molar-refractivity contribution in [3.63, 3.8) is 0 Å². The van der Waals surface area contributed by atoms with Gasteiger partial charge in [-0.1, -0.05) is 13.8 Å². The van der Waals surface area contributed by atoms with Crippen LogP contribution in [0.4, 0.5) is 10.1 Å². The molecule has 0 aliphatic carbocycles. The fourth-order valence-corrected chi connectivity index (χ4v) is 1.77. The molecule has 0 radical (unpaired) electrons. The molecule has 0 fully saturated rings. The van der Waals surface area contributed by atoms with Crippen molar-refractivity contribution in [2.45, 2.75) is 32.2 Å². The van der Waals surface area contributed by atoms with E-state index in [1.54, 1.807) is 12.1 Å². The lowest BCUT2D eigenvalue weighted by Crippen LogP contribution is -2.46. The minimum Gasteiger partial charge on any atom is -0.467 e. The van der Waals surface area contributed by atoms with Crippen LogP contribution in [-0.2, 0) is 9.53 Å². The number of benzene rings is 1. The van der Waals surface area contributed by atoms with E-state index in [1.165, 1.54) is 19.2 Å². The van der Waals surface area contributed by atoms with E-state index in [2.05, 4.69) is 5.32 Å². The Labute approximate surface area is 101 Å². The van der Waals surface area contributed by atoms with Crippen molar-refractivity contribution in [1.29, 1.82) is 0 Å². The number of ether oxygens (including phenoxy) is 1.